The molecule has 0 radical (unpaired) electrons. The van der Waals surface area contributed by atoms with E-state index in [4.69, 9.17) is 14.6 Å². The van der Waals surface area contributed by atoms with Crippen molar-refractivity contribution in [3.8, 4) is 28.0 Å². The van der Waals surface area contributed by atoms with Crippen LogP contribution in [0.1, 0.15) is 23.0 Å². The van der Waals surface area contributed by atoms with E-state index in [1.165, 1.54) is 25.1 Å². The molecule has 226 valence electrons. The third-order valence-corrected chi connectivity index (χ3v) is 6.86. The van der Waals surface area contributed by atoms with Crippen LogP contribution in [0.3, 0.4) is 0 Å². The predicted molar refractivity (Wildman–Crippen MR) is 138 cm³/mol. The highest BCUT2D eigenvalue weighted by molar-refractivity contribution is 5.67. The van der Waals surface area contributed by atoms with Crippen molar-refractivity contribution in [3.63, 3.8) is 0 Å². The quantitative estimate of drug-likeness (QED) is 0.216. The Kier molecular flexibility index (Phi) is 8.46. The molecular weight excluding hydrogens is 588 g/mol. The Morgan fingerprint density at radius 2 is 1.35 bits per heavy atom. The van der Waals surface area contributed by atoms with E-state index in [0.29, 0.717) is 24.3 Å². The van der Waals surface area contributed by atoms with Crippen molar-refractivity contribution in [2.45, 2.75) is 19.3 Å². The Balaban J connectivity index is 1.39. The first-order chi connectivity index (χ1) is 20.4. The van der Waals surface area contributed by atoms with Gasteiger partial charge in [0.15, 0.2) is 6.29 Å². The molecule has 0 amide bonds. The van der Waals surface area contributed by atoms with E-state index in [-0.39, 0.29) is 48.0 Å². The van der Waals surface area contributed by atoms with Crippen molar-refractivity contribution in [2.24, 2.45) is 5.92 Å². The summed E-state index contributed by atoms with van der Waals surface area (Å²) in [6, 6.07) is 8.54. The highest BCUT2D eigenvalue weighted by Crippen LogP contribution is 2.39. The summed E-state index contributed by atoms with van der Waals surface area (Å²) in [5.74, 6) is -9.45. The van der Waals surface area contributed by atoms with Gasteiger partial charge in [0.2, 0.25) is 0 Å². The molecule has 0 atom stereocenters. The summed E-state index contributed by atoms with van der Waals surface area (Å²) in [6.45, 7) is 1.59. The third-order valence-electron chi connectivity index (χ3n) is 6.86. The molecule has 0 bridgehead atoms. The van der Waals surface area contributed by atoms with E-state index in [0.717, 1.165) is 18.2 Å². The van der Waals surface area contributed by atoms with E-state index >= 15 is 0 Å². The number of aliphatic hydroxyl groups is 1. The number of aliphatic hydroxyl groups excluding tert-OH is 1. The fraction of sp³-hybridized carbons (Fsp3) is 0.226. The number of hydrogen-bond acceptors (Lipinski definition) is 4. The minimum absolute atomic E-state index is 0.159. The largest absolute Gasteiger partial charge is 0.432 e. The summed E-state index contributed by atoms with van der Waals surface area (Å²) in [5, 5.41) is 9.15. The molecule has 1 heterocycles. The van der Waals surface area contributed by atoms with Crippen molar-refractivity contribution in [2.75, 3.05) is 19.8 Å². The number of rotatable bonds is 7. The van der Waals surface area contributed by atoms with E-state index < -0.39 is 69.7 Å². The highest BCUT2D eigenvalue weighted by atomic mass is 19.3. The summed E-state index contributed by atoms with van der Waals surface area (Å²) in [6.07, 6.45) is -5.70. The van der Waals surface area contributed by atoms with Crippen LogP contribution >= 0.6 is 0 Å². The van der Waals surface area contributed by atoms with E-state index in [1.807, 2.05) is 0 Å². The van der Waals surface area contributed by atoms with Gasteiger partial charge in [0, 0.05) is 29.2 Å². The van der Waals surface area contributed by atoms with Gasteiger partial charge in [0.05, 0.1) is 25.4 Å². The van der Waals surface area contributed by atoms with Gasteiger partial charge in [-0.25, -0.2) is 26.3 Å². The van der Waals surface area contributed by atoms with Crippen LogP contribution < -0.4 is 4.74 Å². The molecule has 0 aromatic heterocycles. The zero-order valence-corrected chi connectivity index (χ0v) is 22.2. The molecule has 1 aliphatic rings. The molecule has 1 saturated heterocycles. The number of hydrogen-bond donors (Lipinski definition) is 1. The fourth-order valence-corrected chi connectivity index (χ4v) is 4.59. The Hall–Kier alpha value is -4.00. The lowest BCUT2D eigenvalue weighted by Crippen LogP contribution is -2.29. The van der Waals surface area contributed by atoms with Crippen molar-refractivity contribution in [3.05, 3.63) is 112 Å². The van der Waals surface area contributed by atoms with Crippen LogP contribution in [-0.2, 0) is 15.6 Å². The first-order valence-electron chi connectivity index (χ1n) is 12.8. The van der Waals surface area contributed by atoms with Crippen molar-refractivity contribution >= 4 is 0 Å². The lowest BCUT2D eigenvalue weighted by Gasteiger charge is -2.28. The summed E-state index contributed by atoms with van der Waals surface area (Å²) in [5.41, 5.74) is -3.10. The van der Waals surface area contributed by atoms with Crippen molar-refractivity contribution < 1.29 is 54.4 Å². The number of halogens is 8. The molecule has 43 heavy (non-hydrogen) atoms. The summed E-state index contributed by atoms with van der Waals surface area (Å²) in [7, 11) is 0. The Morgan fingerprint density at radius 3 is 1.91 bits per heavy atom. The maximum absolute atomic E-state index is 15.0. The predicted octanol–water partition coefficient (Wildman–Crippen LogP) is 7.95. The normalized spacial score (nSPS) is 17.3. The van der Waals surface area contributed by atoms with E-state index in [9.17, 15) is 35.1 Å². The van der Waals surface area contributed by atoms with Crippen molar-refractivity contribution in [1.82, 2.24) is 0 Å². The lowest BCUT2D eigenvalue weighted by molar-refractivity contribution is -0.209. The summed E-state index contributed by atoms with van der Waals surface area (Å²) >= 11 is 0. The lowest BCUT2D eigenvalue weighted by atomic mass is 10.00. The summed E-state index contributed by atoms with van der Waals surface area (Å²) in [4.78, 5) is 0. The second-order valence-electron chi connectivity index (χ2n) is 9.95. The Labute approximate surface area is 240 Å². The summed E-state index contributed by atoms with van der Waals surface area (Å²) < 4.78 is 133. The molecule has 4 aromatic rings. The molecule has 0 unspecified atom stereocenters. The molecule has 1 fully saturated rings. The van der Waals surface area contributed by atoms with Crippen molar-refractivity contribution in [1.29, 1.82) is 0 Å². The van der Waals surface area contributed by atoms with Crippen LogP contribution in [-0.4, -0.2) is 24.9 Å². The molecular formula is C31H22F8O4. The van der Waals surface area contributed by atoms with Gasteiger partial charge in [-0.2, -0.15) is 8.78 Å². The van der Waals surface area contributed by atoms with Gasteiger partial charge < -0.3 is 19.3 Å². The van der Waals surface area contributed by atoms with Gasteiger partial charge >= 0.3 is 6.11 Å². The molecule has 4 nitrogen and oxygen atoms in total. The van der Waals surface area contributed by atoms with Crippen LogP contribution in [0.2, 0.25) is 0 Å². The molecule has 5 rings (SSSR count). The van der Waals surface area contributed by atoms with Gasteiger partial charge in [0.1, 0.15) is 46.2 Å². The average Bonchev–Trinajstić information content (AvgIpc) is 2.93. The van der Waals surface area contributed by atoms with E-state index in [2.05, 4.69) is 4.74 Å². The maximum atomic E-state index is 15.0. The van der Waals surface area contributed by atoms with Gasteiger partial charge in [-0.3, -0.25) is 0 Å². The first kappa shape index (κ1) is 30.5. The molecule has 12 heteroatoms. The average molecular weight is 610 g/mol. The number of benzene rings is 4. The number of alkyl halides is 2. The topological polar surface area (TPSA) is 47.9 Å². The molecule has 0 saturated carbocycles. The standard InChI is InChI=1S/C31H22F8O4/c1-15-2-3-17(6-22(15)32)28-24(34)10-20(11-25(28)35)43-31(38,39)29-26(36)8-19(9-27(29)37)21-5-4-18(7-23(21)33)30-41-13-16(12-40)14-42-30/h2-11,16,30,40H,12-14H2,1H3. The second-order valence-corrected chi connectivity index (χ2v) is 9.95. The van der Waals surface area contributed by atoms with Gasteiger partial charge in [0.25, 0.3) is 0 Å². The van der Waals surface area contributed by atoms with Gasteiger partial charge in [-0.15, -0.1) is 0 Å². The minimum atomic E-state index is -4.76. The van der Waals surface area contributed by atoms with E-state index in [1.54, 1.807) is 0 Å². The smallest absolute Gasteiger partial charge is 0.429 e. The van der Waals surface area contributed by atoms with Crippen LogP contribution in [0.5, 0.6) is 5.75 Å². The van der Waals surface area contributed by atoms with Crippen LogP contribution in [0.4, 0.5) is 35.1 Å². The molecule has 1 N–H and O–H groups in total. The monoisotopic (exact) mass is 610 g/mol. The zero-order chi connectivity index (χ0) is 31.1. The van der Waals surface area contributed by atoms with Crippen LogP contribution in [0, 0.1) is 47.7 Å². The number of ether oxygens (including phenoxy) is 3. The van der Waals surface area contributed by atoms with Gasteiger partial charge in [-0.1, -0.05) is 24.3 Å². The molecule has 4 aromatic carbocycles. The minimum Gasteiger partial charge on any atom is -0.429 e. The Morgan fingerprint density at radius 1 is 0.744 bits per heavy atom. The SMILES string of the molecule is Cc1ccc(-c2c(F)cc(OC(F)(F)c3c(F)cc(-c4ccc(C5OCC(CO)CO5)cc4F)cc3F)cc2F)cc1F. The maximum Gasteiger partial charge on any atom is 0.432 e. The highest BCUT2D eigenvalue weighted by Gasteiger charge is 2.41. The zero-order valence-electron chi connectivity index (χ0n) is 22.2. The molecule has 0 spiro atoms. The molecule has 0 aliphatic carbocycles. The van der Waals surface area contributed by atoms with Gasteiger partial charge in [-0.05, 0) is 47.9 Å². The second kappa shape index (κ2) is 11.9. The van der Waals surface area contributed by atoms with Crippen LogP contribution in [0.25, 0.3) is 22.3 Å². The third kappa shape index (κ3) is 6.22. The number of aryl methyl sites for hydroxylation is 1. The fourth-order valence-electron chi connectivity index (χ4n) is 4.59. The first-order valence-corrected chi connectivity index (χ1v) is 12.8. The molecule has 1 aliphatic heterocycles. The van der Waals surface area contributed by atoms with Crippen LogP contribution in [0.15, 0.2) is 60.7 Å². The Bertz CT molecular complexity index is 1620.